The van der Waals surface area contributed by atoms with Gasteiger partial charge in [0.25, 0.3) is 0 Å². The Morgan fingerprint density at radius 2 is 1.81 bits per heavy atom. The van der Waals surface area contributed by atoms with Gasteiger partial charge in [-0.1, -0.05) is 52.6 Å². The molecule has 17 heteroatoms. The van der Waals surface area contributed by atoms with Crippen molar-refractivity contribution < 1.29 is 41.8 Å². The van der Waals surface area contributed by atoms with Gasteiger partial charge in [0.2, 0.25) is 21.8 Å². The summed E-state index contributed by atoms with van der Waals surface area (Å²) in [6.07, 6.45) is 0.237. The van der Waals surface area contributed by atoms with Gasteiger partial charge in [-0.05, 0) is 69.9 Å². The van der Waals surface area contributed by atoms with Crippen LogP contribution in [0, 0.1) is 17.3 Å². The highest BCUT2D eigenvalue weighted by Gasteiger charge is 2.63. The number of ketones is 1. The standard InChI is InChI=1S/C42H54ClN5O9S2/c1-10-23-17-42(23,39(51)46-59(53,54)24-11-12-24)18-30(49)28-16-33(29-19-47(40(52)57-41(6,7)8)36(22(4)5)38(50)48(28)29)56-32-15-26(37-45-27(20-58-37)21(2)3)44-35-25(32)13-14-31(55-9)34(35)43/h13-15,20-24,28-29,33,36H,10-12,16-19H2,1-9H3,(H,46,51)/t23-,28+,29-,33-,36-,42-/m1/s1. The lowest BCUT2D eigenvalue weighted by Crippen LogP contribution is -2.66. The van der Waals surface area contributed by atoms with Crippen LogP contribution in [-0.4, -0.2) is 101 Å². The Morgan fingerprint density at radius 3 is 2.39 bits per heavy atom. The number of piperazine rings is 1. The average Bonchev–Trinajstić information content (AvgIpc) is 4.05. The summed E-state index contributed by atoms with van der Waals surface area (Å²) in [5, 5.41) is 2.85. The molecule has 2 saturated heterocycles. The van der Waals surface area contributed by atoms with Gasteiger partial charge in [-0.2, -0.15) is 0 Å². The highest BCUT2D eigenvalue weighted by atomic mass is 35.5. The quantitative estimate of drug-likeness (QED) is 0.185. The van der Waals surface area contributed by atoms with Gasteiger partial charge in [0.15, 0.2) is 5.78 Å². The third-order valence-electron chi connectivity index (χ3n) is 12.0. The number of hydrogen-bond donors (Lipinski definition) is 1. The topological polar surface area (TPSA) is 174 Å². The summed E-state index contributed by atoms with van der Waals surface area (Å²) in [7, 11) is -2.34. The fourth-order valence-corrected chi connectivity index (χ4v) is 11.2. The van der Waals surface area contributed by atoms with Crippen molar-refractivity contribution in [2.24, 2.45) is 17.3 Å². The van der Waals surface area contributed by atoms with Crippen LogP contribution in [0.25, 0.3) is 21.6 Å². The number of benzene rings is 1. The Morgan fingerprint density at radius 1 is 1.10 bits per heavy atom. The number of ether oxygens (including phenoxy) is 3. The molecule has 4 aliphatic rings. The first-order chi connectivity index (χ1) is 27.7. The first kappa shape index (κ1) is 43.1. The number of carbonyl (C=O) groups is 4. The molecular weight excluding hydrogens is 818 g/mol. The Labute approximate surface area is 354 Å². The molecule has 4 fully saturated rings. The molecule has 0 radical (unpaired) electrons. The molecule has 1 aromatic carbocycles. The number of thiazole rings is 1. The van der Waals surface area contributed by atoms with Gasteiger partial charge in [-0.15, -0.1) is 11.3 Å². The number of fused-ring (bicyclic) bond motifs is 2. The van der Waals surface area contributed by atoms with E-state index in [1.54, 1.807) is 43.9 Å². The Hall–Kier alpha value is -4.02. The van der Waals surface area contributed by atoms with E-state index in [1.165, 1.54) is 23.3 Å². The van der Waals surface area contributed by atoms with Gasteiger partial charge in [0, 0.05) is 36.2 Å². The zero-order valence-corrected chi connectivity index (χ0v) is 37.4. The zero-order chi connectivity index (χ0) is 42.9. The summed E-state index contributed by atoms with van der Waals surface area (Å²) in [5.74, 6) is -1.03. The predicted molar refractivity (Wildman–Crippen MR) is 224 cm³/mol. The van der Waals surface area contributed by atoms with Crippen LogP contribution in [-0.2, 0) is 29.1 Å². The van der Waals surface area contributed by atoms with Crippen LogP contribution in [0.1, 0.15) is 106 Å². The number of sulfonamides is 1. The van der Waals surface area contributed by atoms with Crippen LogP contribution in [0.5, 0.6) is 11.5 Å². The van der Waals surface area contributed by atoms with Crippen molar-refractivity contribution in [2.75, 3.05) is 13.7 Å². The van der Waals surface area contributed by atoms with Crippen molar-refractivity contribution >= 4 is 67.6 Å². The SMILES string of the molecule is CC[C@@H]1C[C@]1(CC(=O)[C@@H]1C[C@@H](Oc2cc(-c3nc(C(C)C)cs3)nc3c(Cl)c(OC)ccc23)[C@H]2CN(C(=O)OC(C)(C)C)[C@H](C(C)C)C(=O)N21)C(=O)NS(=O)(=O)C1CC1. The van der Waals surface area contributed by atoms with E-state index in [0.717, 1.165) is 5.69 Å². The molecule has 7 rings (SSSR count). The summed E-state index contributed by atoms with van der Waals surface area (Å²) in [6, 6.07) is 2.50. The molecular formula is C42H54ClN5O9S2. The first-order valence-corrected chi connectivity index (χ1v) is 23.2. The van der Waals surface area contributed by atoms with Crippen LogP contribution in [0.4, 0.5) is 4.79 Å². The molecule has 4 heterocycles. The number of methoxy groups -OCH3 is 1. The second-order valence-electron chi connectivity index (χ2n) is 18.0. The Bertz CT molecular complexity index is 2290. The molecule has 59 heavy (non-hydrogen) atoms. The van der Waals surface area contributed by atoms with Crippen molar-refractivity contribution in [1.82, 2.24) is 24.5 Å². The van der Waals surface area contributed by atoms with Crippen molar-refractivity contribution in [3.63, 3.8) is 0 Å². The van der Waals surface area contributed by atoms with Crippen molar-refractivity contribution in [1.29, 1.82) is 0 Å². The number of hydrogen-bond acceptors (Lipinski definition) is 12. The summed E-state index contributed by atoms with van der Waals surface area (Å²) in [4.78, 5) is 69.9. The van der Waals surface area contributed by atoms with Crippen LogP contribution in [0.2, 0.25) is 5.02 Å². The number of carbonyl (C=O) groups excluding carboxylic acids is 4. The molecule has 2 saturated carbocycles. The van der Waals surface area contributed by atoms with E-state index in [1.807, 2.05) is 26.2 Å². The van der Waals surface area contributed by atoms with E-state index in [4.69, 9.17) is 35.8 Å². The lowest BCUT2D eigenvalue weighted by Gasteiger charge is -2.46. The fraction of sp³-hybridized carbons (Fsp3) is 0.619. The van der Waals surface area contributed by atoms with Gasteiger partial charge in [-0.25, -0.2) is 23.2 Å². The summed E-state index contributed by atoms with van der Waals surface area (Å²) >= 11 is 8.32. The highest BCUT2D eigenvalue weighted by Crippen LogP contribution is 2.58. The van der Waals surface area contributed by atoms with Crippen LogP contribution < -0.4 is 14.2 Å². The lowest BCUT2D eigenvalue weighted by atomic mass is 9.90. The minimum Gasteiger partial charge on any atom is -0.495 e. The van der Waals surface area contributed by atoms with E-state index < -0.39 is 68.4 Å². The fourth-order valence-electron chi connectivity index (χ4n) is 8.61. The molecule has 2 aliphatic heterocycles. The van der Waals surface area contributed by atoms with Gasteiger partial charge in [0.05, 0.1) is 41.1 Å². The number of pyridine rings is 1. The second kappa shape index (κ2) is 15.8. The maximum Gasteiger partial charge on any atom is 0.411 e. The number of halogens is 1. The van der Waals surface area contributed by atoms with E-state index >= 15 is 0 Å². The largest absolute Gasteiger partial charge is 0.495 e. The zero-order valence-electron chi connectivity index (χ0n) is 35.0. The number of rotatable bonds is 13. The normalized spacial score (nSPS) is 25.7. The third-order valence-corrected chi connectivity index (χ3v) is 15.0. The molecule has 1 N–H and O–H groups in total. The molecule has 2 aliphatic carbocycles. The lowest BCUT2D eigenvalue weighted by molar-refractivity contribution is -0.152. The molecule has 14 nitrogen and oxygen atoms in total. The highest BCUT2D eigenvalue weighted by molar-refractivity contribution is 7.90. The number of Topliss-reactive ketones (excluding diaryl/α,β-unsaturated/α-hetero) is 1. The molecule has 2 aromatic heterocycles. The predicted octanol–water partition coefficient (Wildman–Crippen LogP) is 7.12. The monoisotopic (exact) mass is 871 g/mol. The smallest absolute Gasteiger partial charge is 0.411 e. The summed E-state index contributed by atoms with van der Waals surface area (Å²) in [5.41, 5.74) is -0.242. The van der Waals surface area contributed by atoms with Crippen molar-refractivity contribution in [3.8, 4) is 22.2 Å². The average molecular weight is 873 g/mol. The molecule has 0 unspecified atom stereocenters. The number of nitrogens with one attached hydrogen (secondary N) is 1. The third kappa shape index (κ3) is 8.25. The van der Waals surface area contributed by atoms with E-state index in [0.29, 0.717) is 58.8 Å². The van der Waals surface area contributed by atoms with Gasteiger partial charge >= 0.3 is 6.09 Å². The number of nitrogens with zero attached hydrogens (tertiary/aromatic N) is 4. The van der Waals surface area contributed by atoms with Crippen LogP contribution in [0.15, 0.2) is 23.6 Å². The molecule has 0 bridgehead atoms. The number of amides is 3. The summed E-state index contributed by atoms with van der Waals surface area (Å²) in [6.45, 7) is 15.0. The van der Waals surface area contributed by atoms with E-state index in [2.05, 4.69) is 18.6 Å². The second-order valence-corrected chi connectivity index (χ2v) is 21.2. The van der Waals surface area contributed by atoms with Crippen molar-refractivity contribution in [3.05, 3.63) is 34.3 Å². The Kier molecular flexibility index (Phi) is 11.5. The van der Waals surface area contributed by atoms with E-state index in [9.17, 15) is 27.6 Å². The minimum atomic E-state index is -3.85. The maximum atomic E-state index is 14.8. The van der Waals surface area contributed by atoms with Gasteiger partial charge in [0.1, 0.15) is 45.0 Å². The van der Waals surface area contributed by atoms with Gasteiger partial charge in [-0.3, -0.25) is 24.0 Å². The minimum absolute atomic E-state index is 0.00940. The maximum absolute atomic E-state index is 14.8. The molecule has 3 amide bonds. The van der Waals surface area contributed by atoms with Crippen LogP contribution in [0.3, 0.4) is 0 Å². The Balaban J connectivity index is 1.29. The van der Waals surface area contributed by atoms with E-state index in [-0.39, 0.29) is 47.9 Å². The summed E-state index contributed by atoms with van der Waals surface area (Å²) < 4.78 is 46.3. The molecule has 3 aromatic rings. The first-order valence-electron chi connectivity index (χ1n) is 20.4. The van der Waals surface area contributed by atoms with Gasteiger partial charge < -0.3 is 19.1 Å². The molecule has 0 spiro atoms. The molecule has 320 valence electrons. The van der Waals surface area contributed by atoms with Crippen LogP contribution >= 0.6 is 22.9 Å². The molecule has 6 atom stereocenters. The van der Waals surface area contributed by atoms with Crippen molar-refractivity contribution in [2.45, 2.75) is 135 Å². The number of aromatic nitrogens is 2.